The fraction of sp³-hybridized carbons (Fsp3) is 0.263. The number of carbonyl (C=O) groups excluding carboxylic acids is 1. The van der Waals surface area contributed by atoms with Gasteiger partial charge in [0, 0.05) is 0 Å². The highest BCUT2D eigenvalue weighted by molar-refractivity contribution is 5.86. The first-order chi connectivity index (χ1) is 11.2. The Kier molecular flexibility index (Phi) is 4.29. The Morgan fingerprint density at radius 1 is 1.04 bits per heavy atom. The van der Waals surface area contributed by atoms with Gasteiger partial charge in [-0.2, -0.15) is 5.26 Å². The Balaban J connectivity index is 1.47. The third kappa shape index (κ3) is 3.35. The van der Waals surface area contributed by atoms with Crippen molar-refractivity contribution < 1.29 is 14.3 Å². The molecule has 0 radical (unpaired) electrons. The molecule has 2 aromatic carbocycles. The molecule has 1 aliphatic rings. The summed E-state index contributed by atoms with van der Waals surface area (Å²) < 4.78 is 10.9. The molecule has 23 heavy (non-hydrogen) atoms. The standard InChI is InChI=1S/C19H17NO3/c20-14-15-6-8-17(9-7-15)22-12-13-23-18(21)19(10-11-19)16-4-2-1-3-5-16/h1-9H,10-13H2. The van der Waals surface area contributed by atoms with Crippen molar-refractivity contribution in [1.82, 2.24) is 0 Å². The zero-order valence-corrected chi connectivity index (χ0v) is 12.7. The van der Waals surface area contributed by atoms with Gasteiger partial charge in [-0.15, -0.1) is 0 Å². The van der Waals surface area contributed by atoms with Gasteiger partial charge in [-0.3, -0.25) is 4.79 Å². The normalized spacial score (nSPS) is 14.6. The summed E-state index contributed by atoms with van der Waals surface area (Å²) in [5, 5.41) is 8.73. The lowest BCUT2D eigenvalue weighted by molar-refractivity contribution is -0.147. The fourth-order valence-electron chi connectivity index (χ4n) is 2.55. The number of ether oxygens (including phenoxy) is 2. The molecular formula is C19H17NO3. The molecule has 0 saturated heterocycles. The Morgan fingerprint density at radius 3 is 2.35 bits per heavy atom. The molecular weight excluding hydrogens is 290 g/mol. The monoisotopic (exact) mass is 307 g/mol. The highest BCUT2D eigenvalue weighted by Crippen LogP contribution is 2.49. The van der Waals surface area contributed by atoms with Crippen molar-refractivity contribution in [2.45, 2.75) is 18.3 Å². The van der Waals surface area contributed by atoms with Crippen LogP contribution in [0.2, 0.25) is 0 Å². The summed E-state index contributed by atoms with van der Waals surface area (Å²) in [5.41, 5.74) is 1.16. The van der Waals surface area contributed by atoms with E-state index in [4.69, 9.17) is 14.7 Å². The SMILES string of the molecule is N#Cc1ccc(OCCOC(=O)C2(c3ccccc3)CC2)cc1. The van der Waals surface area contributed by atoms with Crippen LogP contribution < -0.4 is 4.74 Å². The van der Waals surface area contributed by atoms with Crippen LogP contribution in [0.15, 0.2) is 54.6 Å². The number of nitriles is 1. The topological polar surface area (TPSA) is 59.3 Å². The Labute approximate surface area is 135 Å². The minimum absolute atomic E-state index is 0.174. The lowest BCUT2D eigenvalue weighted by atomic mass is 9.96. The van der Waals surface area contributed by atoms with Crippen molar-refractivity contribution in [3.63, 3.8) is 0 Å². The van der Waals surface area contributed by atoms with E-state index in [1.165, 1.54) is 0 Å². The average molecular weight is 307 g/mol. The van der Waals surface area contributed by atoms with Gasteiger partial charge in [0.05, 0.1) is 17.0 Å². The van der Waals surface area contributed by atoms with Gasteiger partial charge < -0.3 is 9.47 Å². The number of hydrogen-bond acceptors (Lipinski definition) is 4. The smallest absolute Gasteiger partial charge is 0.316 e. The van der Waals surface area contributed by atoms with Gasteiger partial charge >= 0.3 is 5.97 Å². The van der Waals surface area contributed by atoms with Crippen LogP contribution in [0.25, 0.3) is 0 Å². The quantitative estimate of drug-likeness (QED) is 0.607. The molecule has 2 aromatic rings. The number of benzene rings is 2. The molecule has 0 heterocycles. The first-order valence-corrected chi connectivity index (χ1v) is 7.60. The summed E-state index contributed by atoms with van der Waals surface area (Å²) in [6.07, 6.45) is 1.68. The van der Waals surface area contributed by atoms with E-state index >= 15 is 0 Å². The first kappa shape index (κ1) is 15.1. The lowest BCUT2D eigenvalue weighted by Gasteiger charge is -2.15. The summed E-state index contributed by atoms with van der Waals surface area (Å²) in [4.78, 5) is 12.3. The van der Waals surface area contributed by atoms with Crippen LogP contribution in [-0.4, -0.2) is 19.2 Å². The largest absolute Gasteiger partial charge is 0.490 e. The summed E-state index contributed by atoms with van der Waals surface area (Å²) in [6, 6.07) is 18.7. The van der Waals surface area contributed by atoms with Crippen LogP contribution >= 0.6 is 0 Å². The molecule has 0 spiro atoms. The van der Waals surface area contributed by atoms with E-state index in [0.29, 0.717) is 17.9 Å². The first-order valence-electron chi connectivity index (χ1n) is 7.60. The number of nitrogens with zero attached hydrogens (tertiary/aromatic N) is 1. The summed E-state index contributed by atoms with van der Waals surface area (Å²) in [5.74, 6) is 0.483. The molecule has 3 rings (SSSR count). The zero-order chi connectivity index (χ0) is 16.1. The lowest BCUT2D eigenvalue weighted by Crippen LogP contribution is -2.25. The summed E-state index contributed by atoms with van der Waals surface area (Å²) in [7, 11) is 0. The molecule has 0 atom stereocenters. The summed E-state index contributed by atoms with van der Waals surface area (Å²) >= 11 is 0. The van der Waals surface area contributed by atoms with Crippen LogP contribution in [0.1, 0.15) is 24.0 Å². The van der Waals surface area contributed by atoms with Gasteiger partial charge in [0.1, 0.15) is 19.0 Å². The van der Waals surface area contributed by atoms with Gasteiger partial charge in [0.15, 0.2) is 0 Å². The Hall–Kier alpha value is -2.80. The zero-order valence-electron chi connectivity index (χ0n) is 12.7. The minimum atomic E-state index is -0.449. The van der Waals surface area contributed by atoms with Crippen molar-refractivity contribution in [2.75, 3.05) is 13.2 Å². The van der Waals surface area contributed by atoms with E-state index < -0.39 is 5.41 Å². The molecule has 4 heteroatoms. The second kappa shape index (κ2) is 6.53. The maximum atomic E-state index is 12.3. The molecule has 1 fully saturated rings. The number of hydrogen-bond donors (Lipinski definition) is 0. The van der Waals surface area contributed by atoms with E-state index in [9.17, 15) is 4.79 Å². The molecule has 0 bridgehead atoms. The predicted octanol–water partition coefficient (Wildman–Crippen LogP) is 3.21. The molecule has 0 aromatic heterocycles. The number of carbonyl (C=O) groups is 1. The van der Waals surface area contributed by atoms with E-state index in [0.717, 1.165) is 18.4 Å². The Bertz CT molecular complexity index is 713. The van der Waals surface area contributed by atoms with Gasteiger partial charge in [0.25, 0.3) is 0 Å². The number of rotatable bonds is 6. The molecule has 0 N–H and O–H groups in total. The molecule has 0 unspecified atom stereocenters. The average Bonchev–Trinajstić information content (AvgIpc) is 3.42. The third-order valence-corrected chi connectivity index (χ3v) is 4.04. The molecule has 0 amide bonds. The van der Waals surface area contributed by atoms with E-state index in [2.05, 4.69) is 6.07 Å². The van der Waals surface area contributed by atoms with E-state index in [1.807, 2.05) is 30.3 Å². The molecule has 0 aliphatic heterocycles. The Morgan fingerprint density at radius 2 is 1.74 bits per heavy atom. The molecule has 1 aliphatic carbocycles. The van der Waals surface area contributed by atoms with Crippen molar-refractivity contribution in [1.29, 1.82) is 5.26 Å². The van der Waals surface area contributed by atoms with Crippen LogP contribution in [0.3, 0.4) is 0 Å². The van der Waals surface area contributed by atoms with Crippen LogP contribution in [0.5, 0.6) is 5.75 Å². The van der Waals surface area contributed by atoms with Crippen LogP contribution in [0, 0.1) is 11.3 Å². The van der Waals surface area contributed by atoms with Crippen molar-refractivity contribution >= 4 is 5.97 Å². The second-order valence-electron chi connectivity index (χ2n) is 5.57. The van der Waals surface area contributed by atoms with Gasteiger partial charge in [-0.05, 0) is 42.7 Å². The van der Waals surface area contributed by atoms with Crippen LogP contribution in [-0.2, 0) is 14.9 Å². The maximum Gasteiger partial charge on any atom is 0.316 e. The van der Waals surface area contributed by atoms with Crippen molar-refractivity contribution in [3.05, 3.63) is 65.7 Å². The number of esters is 1. The summed E-state index contributed by atoms with van der Waals surface area (Å²) in [6.45, 7) is 0.510. The minimum Gasteiger partial charge on any atom is -0.490 e. The van der Waals surface area contributed by atoms with Crippen LogP contribution in [0.4, 0.5) is 0 Å². The fourth-order valence-corrected chi connectivity index (χ4v) is 2.55. The van der Waals surface area contributed by atoms with E-state index in [-0.39, 0.29) is 12.6 Å². The van der Waals surface area contributed by atoms with Crippen molar-refractivity contribution in [2.24, 2.45) is 0 Å². The third-order valence-electron chi connectivity index (χ3n) is 4.04. The maximum absolute atomic E-state index is 12.3. The van der Waals surface area contributed by atoms with Gasteiger partial charge in [0.2, 0.25) is 0 Å². The molecule has 4 nitrogen and oxygen atoms in total. The molecule has 1 saturated carbocycles. The molecule has 116 valence electrons. The highest BCUT2D eigenvalue weighted by Gasteiger charge is 2.52. The van der Waals surface area contributed by atoms with Crippen molar-refractivity contribution in [3.8, 4) is 11.8 Å². The van der Waals surface area contributed by atoms with Gasteiger partial charge in [-0.25, -0.2) is 0 Å². The second-order valence-corrected chi connectivity index (χ2v) is 5.57. The predicted molar refractivity (Wildman–Crippen MR) is 85.0 cm³/mol. The van der Waals surface area contributed by atoms with E-state index in [1.54, 1.807) is 24.3 Å². The van der Waals surface area contributed by atoms with Gasteiger partial charge in [-0.1, -0.05) is 30.3 Å². The highest BCUT2D eigenvalue weighted by atomic mass is 16.6.